The summed E-state index contributed by atoms with van der Waals surface area (Å²) in [6.07, 6.45) is -30.1. The first-order valence-electron chi connectivity index (χ1n) is 9.86. The lowest BCUT2D eigenvalue weighted by Crippen LogP contribution is -1.95. The topological polar surface area (TPSA) is 74.6 Å². The van der Waals surface area contributed by atoms with E-state index >= 15 is 0 Å². The minimum absolute atomic E-state index is 2.56. The van der Waals surface area contributed by atoms with Crippen LogP contribution in [0.2, 0.25) is 0 Å². The smallest absolute Gasteiger partial charge is 0.303 e. The summed E-state index contributed by atoms with van der Waals surface area (Å²) in [7, 11) is 0. The van der Waals surface area contributed by atoms with Gasteiger partial charge in [0.25, 0.3) is 0 Å². The predicted molar refractivity (Wildman–Crippen MR) is 47.6 cm³/mol. The molecule has 0 radical (unpaired) electrons. The summed E-state index contributed by atoms with van der Waals surface area (Å²) in [5.74, 6) is -5.12. The van der Waals surface area contributed by atoms with Gasteiger partial charge < -0.3 is 10.2 Å². The summed E-state index contributed by atoms with van der Waals surface area (Å²) in [6.45, 7) is 0. The summed E-state index contributed by atoms with van der Waals surface area (Å²) in [6, 6.07) is 0. The average molecular weight is 202 g/mol. The molecule has 0 unspecified atom stereocenters. The zero-order valence-electron chi connectivity index (χ0n) is 20.2. The van der Waals surface area contributed by atoms with E-state index in [2.05, 4.69) is 0 Å². The van der Waals surface area contributed by atoms with Crippen molar-refractivity contribution in [3.63, 3.8) is 0 Å². The zero-order valence-corrected chi connectivity index (χ0v) is 6.21. The number of hydrogen-bond donors (Lipinski definition) is 2. The molecule has 0 heterocycles. The van der Waals surface area contributed by atoms with Gasteiger partial charge in [-0.2, -0.15) is 0 Å². The van der Waals surface area contributed by atoms with E-state index in [0.717, 1.165) is 0 Å². The van der Waals surface area contributed by atoms with E-state index in [9.17, 15) is 9.59 Å². The molecule has 0 aliphatic rings. The Labute approximate surface area is 97.2 Å². The number of rotatable bonds is 8. The SMILES string of the molecule is [2H]C([2H])(C(=O)O)C([2H])([2H])C([2H])([2H])C([2H])([2H])C([2H])([2H])C([2H])([2H])C([2H])([2H])C(=O)O. The third-order valence-corrected chi connectivity index (χ3v) is 0.589. The predicted octanol–water partition coefficient (Wildman–Crippen LogP) is 1.89. The van der Waals surface area contributed by atoms with Crippen LogP contribution in [0, 0.1) is 0 Å². The van der Waals surface area contributed by atoms with Gasteiger partial charge in [-0.1, -0.05) is 19.1 Å². The molecule has 0 bridgehead atoms. The second kappa shape index (κ2) is 7.58. The van der Waals surface area contributed by atoms with Crippen molar-refractivity contribution >= 4 is 11.9 Å². The fraction of sp³-hybridized carbons (Fsp3) is 0.778. The molecule has 2 N–H and O–H groups in total. The van der Waals surface area contributed by atoms with Gasteiger partial charge in [0.1, 0.15) is 0 Å². The first kappa shape index (κ1) is 2.30. The summed E-state index contributed by atoms with van der Waals surface area (Å²) >= 11 is 0. The normalized spacial score (nSPS) is 33.5. The Morgan fingerprint density at radius 2 is 1.15 bits per heavy atom. The van der Waals surface area contributed by atoms with E-state index in [4.69, 9.17) is 29.4 Å². The molecule has 0 aromatic carbocycles. The molecule has 0 atom stereocenters. The molecular weight excluding hydrogens is 172 g/mol. The first-order valence-corrected chi connectivity index (χ1v) is 2.86. The van der Waals surface area contributed by atoms with Gasteiger partial charge >= 0.3 is 11.9 Å². The molecule has 0 saturated carbocycles. The van der Waals surface area contributed by atoms with Crippen LogP contribution in [0.25, 0.3) is 0 Å². The Hall–Kier alpha value is -1.06. The Bertz CT molecular complexity index is 572. The van der Waals surface area contributed by atoms with E-state index in [-0.39, 0.29) is 0 Å². The molecule has 0 amide bonds. The molecule has 4 nitrogen and oxygen atoms in total. The molecule has 0 aromatic heterocycles. The van der Waals surface area contributed by atoms with Crippen LogP contribution >= 0.6 is 0 Å². The Morgan fingerprint density at radius 1 is 0.846 bits per heavy atom. The molecule has 13 heavy (non-hydrogen) atoms. The van der Waals surface area contributed by atoms with Crippen LogP contribution in [0.5, 0.6) is 0 Å². The third kappa shape index (κ3) is 10.9. The highest BCUT2D eigenvalue weighted by Crippen LogP contribution is 2.06. The van der Waals surface area contributed by atoms with Crippen molar-refractivity contribution in [2.75, 3.05) is 0 Å². The van der Waals surface area contributed by atoms with Crippen molar-refractivity contribution < 1.29 is 39.0 Å². The van der Waals surface area contributed by atoms with Gasteiger partial charge in [0, 0.05) is 31.9 Å². The highest BCUT2D eigenvalue weighted by atomic mass is 16.4. The summed E-state index contributed by atoms with van der Waals surface area (Å²) < 4.78 is 104. The van der Waals surface area contributed by atoms with Crippen molar-refractivity contribution in [1.82, 2.24) is 0 Å². The molecule has 0 rings (SSSR count). The van der Waals surface area contributed by atoms with Crippen molar-refractivity contribution in [1.29, 1.82) is 0 Å². The quantitative estimate of drug-likeness (QED) is 0.630. The van der Waals surface area contributed by atoms with Crippen molar-refractivity contribution in [2.24, 2.45) is 0 Å². The monoisotopic (exact) mass is 202 g/mol. The summed E-state index contributed by atoms with van der Waals surface area (Å²) in [5, 5.41) is 17.5. The molecule has 0 fully saturated rings. The van der Waals surface area contributed by atoms with Crippen LogP contribution in [-0.4, -0.2) is 22.2 Å². The second-order valence-electron chi connectivity index (χ2n) is 1.49. The average Bonchev–Trinajstić information content (AvgIpc) is 2.45. The van der Waals surface area contributed by atoms with Gasteiger partial charge in [0.05, 0.1) is 0 Å². The van der Waals surface area contributed by atoms with Crippen molar-refractivity contribution in [3.05, 3.63) is 0 Å². The zero-order chi connectivity index (χ0) is 22.7. The standard InChI is InChI=1S/C9H16O4/c10-8(11)6-4-2-1-3-5-7-9(12)13/h1-7H2,(H,10,11)(H,12,13)/i1D2,2D2,3D2,4D2,5D2,6D2,7D2. The van der Waals surface area contributed by atoms with E-state index < -0.39 is 56.5 Å². The summed E-state index contributed by atoms with van der Waals surface area (Å²) in [4.78, 5) is 21.9. The molecule has 0 spiro atoms. The Balaban J connectivity index is 6.70. The lowest BCUT2D eigenvalue weighted by molar-refractivity contribution is -0.138. The molecule has 76 valence electrons. The van der Waals surface area contributed by atoms with Gasteiger partial charge in [0.15, 0.2) is 0 Å². The van der Waals surface area contributed by atoms with E-state index in [1.54, 1.807) is 0 Å². The molecule has 0 aliphatic carbocycles. The van der Waals surface area contributed by atoms with Gasteiger partial charge in [-0.15, -0.1) is 0 Å². The van der Waals surface area contributed by atoms with Crippen LogP contribution in [0.15, 0.2) is 0 Å². The van der Waals surface area contributed by atoms with E-state index in [0.29, 0.717) is 0 Å². The Kier molecular flexibility index (Phi) is 1.34. The van der Waals surface area contributed by atoms with Crippen LogP contribution < -0.4 is 0 Å². The number of hydrogen-bond acceptors (Lipinski definition) is 2. The fourth-order valence-electron chi connectivity index (χ4n) is 0.263. The number of aliphatic carboxylic acids is 2. The van der Waals surface area contributed by atoms with Crippen LogP contribution in [0.3, 0.4) is 0 Å². The highest BCUT2D eigenvalue weighted by Gasteiger charge is 1.98. The van der Waals surface area contributed by atoms with Crippen molar-refractivity contribution in [2.45, 2.75) is 44.6 Å². The largest absolute Gasteiger partial charge is 0.481 e. The second-order valence-corrected chi connectivity index (χ2v) is 1.49. The minimum atomic E-state index is -4.45. The number of carboxylic acids is 2. The van der Waals surface area contributed by atoms with E-state index in [1.807, 2.05) is 0 Å². The first-order chi connectivity index (χ1) is 11.4. The van der Waals surface area contributed by atoms with Gasteiger partial charge in [-0.3, -0.25) is 9.59 Å². The molecule has 0 aliphatic heterocycles. The maximum atomic E-state index is 10.9. The molecule has 4 heteroatoms. The lowest BCUT2D eigenvalue weighted by Gasteiger charge is -1.97. The maximum Gasteiger partial charge on any atom is 0.303 e. The maximum absolute atomic E-state index is 10.9. The van der Waals surface area contributed by atoms with Crippen LogP contribution in [0.4, 0.5) is 0 Å². The number of carbonyl (C=O) groups is 2. The van der Waals surface area contributed by atoms with Gasteiger partial charge in [-0.25, -0.2) is 0 Å². The Morgan fingerprint density at radius 3 is 1.46 bits per heavy atom. The fourth-order valence-corrected chi connectivity index (χ4v) is 0.263. The van der Waals surface area contributed by atoms with Crippen molar-refractivity contribution in [3.8, 4) is 0 Å². The van der Waals surface area contributed by atoms with Gasteiger partial charge in [-0.05, 0) is 12.7 Å². The molecule has 0 saturated heterocycles. The third-order valence-electron chi connectivity index (χ3n) is 0.589. The molecular formula is C9H16O4. The summed E-state index contributed by atoms with van der Waals surface area (Å²) in [5.41, 5.74) is 0. The van der Waals surface area contributed by atoms with Crippen LogP contribution in [-0.2, 0) is 9.59 Å². The lowest BCUT2D eigenvalue weighted by atomic mass is 10.1. The van der Waals surface area contributed by atoms with Gasteiger partial charge in [0.2, 0.25) is 0 Å². The number of carboxylic acid groups (broad SMARTS) is 2. The highest BCUT2D eigenvalue weighted by molar-refractivity contribution is 5.66. The van der Waals surface area contributed by atoms with E-state index in [1.165, 1.54) is 0 Å². The minimum Gasteiger partial charge on any atom is -0.481 e. The van der Waals surface area contributed by atoms with Crippen LogP contribution in [0.1, 0.15) is 63.8 Å². The molecule has 0 aromatic rings.